The Labute approximate surface area is 178 Å². The molecule has 1 aromatic heterocycles. The largest absolute Gasteiger partial charge is 0.484 e. The average Bonchev–Trinajstić information content (AvgIpc) is 3.10. The van der Waals surface area contributed by atoms with Crippen molar-refractivity contribution in [3.05, 3.63) is 69.5 Å². The molecule has 4 rings (SSSR count). The minimum Gasteiger partial charge on any atom is -0.484 e. The van der Waals surface area contributed by atoms with E-state index in [4.69, 9.17) is 27.9 Å². The highest BCUT2D eigenvalue weighted by Gasteiger charge is 2.31. The molecule has 3 aromatic rings. The van der Waals surface area contributed by atoms with Gasteiger partial charge in [-0.05, 0) is 30.3 Å². The molecule has 0 spiro atoms. The summed E-state index contributed by atoms with van der Waals surface area (Å²) in [6.07, 6.45) is 0. The van der Waals surface area contributed by atoms with E-state index >= 15 is 0 Å². The smallest absolute Gasteiger partial charge is 0.278 e. The third kappa shape index (κ3) is 3.90. The highest BCUT2D eigenvalue weighted by molar-refractivity contribution is 7.99. The second-order valence-electron chi connectivity index (χ2n) is 5.95. The molecule has 0 fully saturated rings. The first-order chi connectivity index (χ1) is 14.0. The quantitative estimate of drug-likeness (QED) is 0.584. The number of nitrogens with zero attached hydrogens (tertiary/aromatic N) is 4. The molecule has 1 aliphatic heterocycles. The van der Waals surface area contributed by atoms with Gasteiger partial charge in [0.1, 0.15) is 29.6 Å². The van der Waals surface area contributed by atoms with Crippen LogP contribution in [0.15, 0.2) is 41.6 Å². The first-order valence-corrected chi connectivity index (χ1v) is 10.1. The summed E-state index contributed by atoms with van der Waals surface area (Å²) >= 11 is 13.3. The lowest BCUT2D eigenvalue weighted by atomic mass is 10.2. The Hall–Kier alpha value is -2.36. The molecule has 2 heterocycles. The number of amides is 1. The zero-order chi connectivity index (χ0) is 20.5. The third-order valence-electron chi connectivity index (χ3n) is 4.11. The van der Waals surface area contributed by atoms with E-state index in [9.17, 15) is 13.6 Å². The van der Waals surface area contributed by atoms with Gasteiger partial charge in [0.15, 0.2) is 5.82 Å². The fraction of sp³-hybridized carbons (Fsp3) is 0.167. The number of hydrogen-bond donors (Lipinski definition) is 0. The maximum Gasteiger partial charge on any atom is 0.278 e. The Balaban J connectivity index is 1.64. The van der Waals surface area contributed by atoms with Crippen molar-refractivity contribution in [2.45, 2.75) is 11.8 Å². The molecule has 0 radical (unpaired) electrons. The van der Waals surface area contributed by atoms with Gasteiger partial charge in [-0.3, -0.25) is 4.79 Å². The van der Waals surface area contributed by atoms with E-state index in [1.165, 1.54) is 33.6 Å². The molecule has 0 saturated carbocycles. The monoisotopic (exact) mass is 456 g/mol. The van der Waals surface area contributed by atoms with Crippen molar-refractivity contribution in [1.82, 2.24) is 14.9 Å². The zero-order valence-electron chi connectivity index (χ0n) is 14.6. The number of aromatic nitrogens is 3. The molecule has 29 heavy (non-hydrogen) atoms. The van der Waals surface area contributed by atoms with E-state index in [0.29, 0.717) is 26.7 Å². The number of rotatable bonds is 4. The van der Waals surface area contributed by atoms with Gasteiger partial charge in [0.05, 0.1) is 11.6 Å². The molecule has 0 unspecified atom stereocenters. The van der Waals surface area contributed by atoms with Gasteiger partial charge in [0.2, 0.25) is 5.16 Å². The lowest BCUT2D eigenvalue weighted by molar-refractivity contribution is 0.0944. The number of carbonyl (C=O) groups excluding carboxylic acids is 1. The normalized spacial score (nSPS) is 13.3. The topological polar surface area (TPSA) is 60.3 Å². The molecule has 1 aliphatic rings. The molecule has 11 heteroatoms. The van der Waals surface area contributed by atoms with Crippen LogP contribution in [0, 0.1) is 11.6 Å². The highest BCUT2D eigenvalue weighted by atomic mass is 35.5. The van der Waals surface area contributed by atoms with Gasteiger partial charge in [-0.25, -0.2) is 18.5 Å². The first kappa shape index (κ1) is 19.9. The summed E-state index contributed by atoms with van der Waals surface area (Å²) in [4.78, 5) is 12.9. The maximum absolute atomic E-state index is 14.1. The van der Waals surface area contributed by atoms with Gasteiger partial charge in [0.25, 0.3) is 5.91 Å². The maximum atomic E-state index is 14.1. The minimum absolute atomic E-state index is 0.0710. The van der Waals surface area contributed by atoms with Crippen molar-refractivity contribution in [1.29, 1.82) is 0 Å². The van der Waals surface area contributed by atoms with Gasteiger partial charge in [-0.15, -0.1) is 10.2 Å². The molecule has 1 amide bonds. The van der Waals surface area contributed by atoms with E-state index in [1.807, 2.05) is 0 Å². The number of hydrogen-bond acceptors (Lipinski definition) is 5. The predicted octanol–water partition coefficient (Wildman–Crippen LogP) is 4.33. The zero-order valence-corrected chi connectivity index (χ0v) is 16.9. The predicted molar refractivity (Wildman–Crippen MR) is 105 cm³/mol. The summed E-state index contributed by atoms with van der Waals surface area (Å²) in [6, 6.07) is 8.03. The lowest BCUT2D eigenvalue weighted by Crippen LogP contribution is -2.46. The van der Waals surface area contributed by atoms with Gasteiger partial charge in [0, 0.05) is 10.8 Å². The van der Waals surface area contributed by atoms with E-state index in [1.54, 1.807) is 12.1 Å². The van der Waals surface area contributed by atoms with Crippen molar-refractivity contribution < 1.29 is 18.3 Å². The lowest BCUT2D eigenvalue weighted by Gasteiger charge is -2.29. The van der Waals surface area contributed by atoms with Gasteiger partial charge in [-0.1, -0.05) is 41.0 Å². The minimum atomic E-state index is -0.936. The number of ether oxygens (including phenoxy) is 1. The standard InChI is InChI=1S/C18H12Cl2F2N4O2S/c19-10-4-5-14(11(20)8-10)28-9-15-23-24-18-26(15)25(6-7-29-18)17(27)16-12(21)2-1-3-13(16)22/h1-5,8H,6-7,9H2. The molecule has 0 atom stereocenters. The average molecular weight is 457 g/mol. The van der Waals surface area contributed by atoms with Crippen molar-refractivity contribution in [3.63, 3.8) is 0 Å². The van der Waals surface area contributed by atoms with Crippen LogP contribution < -0.4 is 9.75 Å². The van der Waals surface area contributed by atoms with Crippen LogP contribution in [0.5, 0.6) is 5.75 Å². The summed E-state index contributed by atoms with van der Waals surface area (Å²) in [5.41, 5.74) is -0.633. The van der Waals surface area contributed by atoms with Gasteiger partial charge < -0.3 is 4.74 Å². The van der Waals surface area contributed by atoms with Gasteiger partial charge >= 0.3 is 0 Å². The van der Waals surface area contributed by atoms with Crippen LogP contribution in [-0.4, -0.2) is 33.1 Å². The van der Waals surface area contributed by atoms with Crippen LogP contribution in [0.3, 0.4) is 0 Å². The number of thioether (sulfide) groups is 1. The number of fused-ring (bicyclic) bond motifs is 1. The van der Waals surface area contributed by atoms with Crippen LogP contribution in [0.2, 0.25) is 10.0 Å². The Morgan fingerprint density at radius 2 is 1.93 bits per heavy atom. The second kappa shape index (κ2) is 8.17. The SMILES string of the molecule is O=C(c1c(F)cccc1F)N1CCSc2nnc(COc3ccc(Cl)cc3Cl)n21. The van der Waals surface area contributed by atoms with E-state index in [0.717, 1.165) is 12.1 Å². The summed E-state index contributed by atoms with van der Waals surface area (Å²) in [5, 5.41) is 10.5. The van der Waals surface area contributed by atoms with Crippen LogP contribution >= 0.6 is 35.0 Å². The number of benzene rings is 2. The molecular weight excluding hydrogens is 445 g/mol. The molecule has 6 nitrogen and oxygen atoms in total. The summed E-state index contributed by atoms with van der Waals surface area (Å²) in [5.74, 6) is -1.54. The van der Waals surface area contributed by atoms with Crippen LogP contribution in [0.1, 0.15) is 16.2 Å². The van der Waals surface area contributed by atoms with Crippen molar-refractivity contribution >= 4 is 40.9 Å². The fourth-order valence-corrected chi connectivity index (χ4v) is 4.13. The summed E-state index contributed by atoms with van der Waals surface area (Å²) < 4.78 is 35.3. The van der Waals surface area contributed by atoms with Crippen LogP contribution in [-0.2, 0) is 6.61 Å². The van der Waals surface area contributed by atoms with E-state index in [-0.39, 0.29) is 19.0 Å². The van der Waals surface area contributed by atoms with Crippen molar-refractivity contribution in [2.24, 2.45) is 0 Å². The summed E-state index contributed by atoms with van der Waals surface area (Å²) in [7, 11) is 0. The van der Waals surface area contributed by atoms with Crippen molar-refractivity contribution in [3.8, 4) is 5.75 Å². The Kier molecular flexibility index (Phi) is 5.62. The third-order valence-corrected chi connectivity index (χ3v) is 5.54. The molecular formula is C18H12Cl2F2N4O2S. The van der Waals surface area contributed by atoms with Crippen molar-refractivity contribution in [2.75, 3.05) is 17.3 Å². The fourth-order valence-electron chi connectivity index (χ4n) is 2.80. The highest BCUT2D eigenvalue weighted by Crippen LogP contribution is 2.29. The van der Waals surface area contributed by atoms with E-state index < -0.39 is 23.1 Å². The number of carbonyl (C=O) groups is 1. The Bertz CT molecular complexity index is 1080. The molecule has 150 valence electrons. The number of halogens is 4. The van der Waals surface area contributed by atoms with Gasteiger partial charge in [-0.2, -0.15) is 0 Å². The van der Waals surface area contributed by atoms with Crippen LogP contribution in [0.4, 0.5) is 8.78 Å². The second-order valence-corrected chi connectivity index (χ2v) is 7.85. The first-order valence-electron chi connectivity index (χ1n) is 8.37. The van der Waals surface area contributed by atoms with E-state index in [2.05, 4.69) is 10.2 Å². The molecule has 0 aliphatic carbocycles. The molecule has 0 N–H and O–H groups in total. The van der Waals surface area contributed by atoms with Crippen LogP contribution in [0.25, 0.3) is 0 Å². The molecule has 0 saturated heterocycles. The Morgan fingerprint density at radius 1 is 1.17 bits per heavy atom. The summed E-state index contributed by atoms with van der Waals surface area (Å²) in [6.45, 7) is 0.148. The Morgan fingerprint density at radius 3 is 2.66 bits per heavy atom. The molecule has 2 aromatic carbocycles. The molecule has 0 bridgehead atoms.